The van der Waals surface area contributed by atoms with Crippen molar-refractivity contribution in [3.8, 4) is 0 Å². The van der Waals surface area contributed by atoms with Gasteiger partial charge in [0.05, 0.1) is 0 Å². The lowest BCUT2D eigenvalue weighted by molar-refractivity contribution is -0.444. The number of nitrogens with one attached hydrogen (secondary N) is 2. The molecule has 0 bridgehead atoms. The molecule has 0 amide bonds. The number of hydrogen-bond donors (Lipinski definition) is 2. The molecule has 0 unspecified atom stereocenters. The highest BCUT2D eigenvalue weighted by atomic mass is 15.1. The molecule has 0 spiro atoms. The monoisotopic (exact) mass is 225 g/mol. The summed E-state index contributed by atoms with van der Waals surface area (Å²) in [6.45, 7) is 2.03. The van der Waals surface area contributed by atoms with Crippen LogP contribution in [0.25, 0.3) is 0 Å². The molecule has 2 N–H and O–H groups in total. The third-order valence-electron chi connectivity index (χ3n) is 3.27. The van der Waals surface area contributed by atoms with Crippen LogP contribution in [0.1, 0.15) is 0 Å². The average Bonchev–Trinajstić information content (AvgIpc) is 3.09. The Balaban J connectivity index is 1.89. The Kier molecular flexibility index (Phi) is 2.78. The summed E-state index contributed by atoms with van der Waals surface area (Å²) in [5.74, 6) is 2.04. The zero-order valence-corrected chi connectivity index (χ0v) is 9.77. The maximum absolute atomic E-state index is 3.43. The summed E-state index contributed by atoms with van der Waals surface area (Å²) in [4.78, 5) is 3.43. The molecular weight excluding hydrogens is 208 g/mol. The Labute approximate surface area is 102 Å². The van der Waals surface area contributed by atoms with Crippen molar-refractivity contribution >= 4 is 5.84 Å². The minimum atomic E-state index is 0.408. The van der Waals surface area contributed by atoms with Gasteiger partial charge in [-0.05, 0) is 0 Å². The molecule has 2 heteroatoms. The van der Waals surface area contributed by atoms with Crippen molar-refractivity contribution in [2.45, 2.75) is 0 Å². The molecule has 0 saturated carbocycles. The van der Waals surface area contributed by atoms with Gasteiger partial charge in [0.15, 0.2) is 0 Å². The Morgan fingerprint density at radius 1 is 1.12 bits per heavy atom. The van der Waals surface area contributed by atoms with Crippen molar-refractivity contribution in [3.63, 3.8) is 0 Å². The maximum atomic E-state index is 3.43. The van der Waals surface area contributed by atoms with Gasteiger partial charge in [0.2, 0.25) is 0 Å². The Hall–Kier alpha value is -1.83. The van der Waals surface area contributed by atoms with Crippen molar-refractivity contribution in [1.29, 1.82) is 0 Å². The summed E-state index contributed by atoms with van der Waals surface area (Å²) in [7, 11) is 0. The van der Waals surface area contributed by atoms with Gasteiger partial charge in [-0.2, -0.15) is 0 Å². The first kappa shape index (κ1) is 10.3. The first-order valence-corrected chi connectivity index (χ1v) is 6.20. The van der Waals surface area contributed by atoms with Crippen molar-refractivity contribution in [3.05, 3.63) is 60.3 Å². The molecule has 86 valence electrons. The highest BCUT2D eigenvalue weighted by molar-refractivity contribution is 5.95. The van der Waals surface area contributed by atoms with E-state index in [1.165, 1.54) is 11.4 Å². The van der Waals surface area contributed by atoms with Crippen molar-refractivity contribution in [2.75, 3.05) is 13.1 Å². The molecule has 0 fully saturated rings. The second-order valence-corrected chi connectivity index (χ2v) is 4.49. The molecule has 0 aromatic carbocycles. The van der Waals surface area contributed by atoms with Crippen LogP contribution in [-0.4, -0.2) is 18.9 Å². The van der Waals surface area contributed by atoms with Crippen LogP contribution in [0, 0.1) is 11.8 Å². The lowest BCUT2D eigenvalue weighted by Gasteiger charge is -2.10. The smallest absolute Gasteiger partial charge is 0.271 e. The molecule has 17 heavy (non-hydrogen) atoms. The highest BCUT2D eigenvalue weighted by Crippen LogP contribution is 2.23. The topological polar surface area (TPSA) is 26.0 Å². The predicted molar refractivity (Wildman–Crippen MR) is 70.5 cm³/mol. The molecule has 3 rings (SSSR count). The number of rotatable bonds is 3. The summed E-state index contributed by atoms with van der Waals surface area (Å²) >= 11 is 0. The van der Waals surface area contributed by atoms with Gasteiger partial charge in [-0.15, -0.1) is 0 Å². The lowest BCUT2D eigenvalue weighted by atomic mass is 9.95. The quantitative estimate of drug-likeness (QED) is 0.718. The van der Waals surface area contributed by atoms with E-state index in [0.717, 1.165) is 13.1 Å². The minimum Gasteiger partial charge on any atom is -0.271 e. The molecular formula is C15H17N2+. The van der Waals surface area contributed by atoms with Gasteiger partial charge < -0.3 is 0 Å². The van der Waals surface area contributed by atoms with Crippen LogP contribution < -0.4 is 10.3 Å². The number of hydrogen-bond acceptors (Lipinski definition) is 1. The van der Waals surface area contributed by atoms with Gasteiger partial charge in [-0.1, -0.05) is 54.7 Å². The van der Waals surface area contributed by atoms with Gasteiger partial charge in [0, 0.05) is 17.4 Å². The third-order valence-corrected chi connectivity index (χ3v) is 3.27. The van der Waals surface area contributed by atoms with Crippen LogP contribution in [0.4, 0.5) is 0 Å². The van der Waals surface area contributed by atoms with Crippen LogP contribution >= 0.6 is 0 Å². The second-order valence-electron chi connectivity index (χ2n) is 4.49. The molecule has 1 heterocycles. The Morgan fingerprint density at radius 2 is 1.82 bits per heavy atom. The van der Waals surface area contributed by atoms with Gasteiger partial charge in [-0.3, -0.25) is 10.3 Å². The Morgan fingerprint density at radius 3 is 2.47 bits per heavy atom. The summed E-state index contributed by atoms with van der Waals surface area (Å²) in [6.07, 6.45) is 19.7. The number of allylic oxidation sites excluding steroid dienone is 9. The molecule has 3 aliphatic rings. The van der Waals surface area contributed by atoms with E-state index in [4.69, 9.17) is 0 Å². The van der Waals surface area contributed by atoms with Crippen molar-refractivity contribution in [1.82, 2.24) is 5.32 Å². The molecule has 0 saturated heterocycles. The van der Waals surface area contributed by atoms with E-state index in [9.17, 15) is 0 Å². The fourth-order valence-corrected chi connectivity index (χ4v) is 2.41. The second kappa shape index (κ2) is 4.58. The summed E-state index contributed by atoms with van der Waals surface area (Å²) < 4.78 is 0. The molecule has 2 nitrogen and oxygen atoms in total. The molecule has 0 aromatic rings. The zero-order valence-electron chi connectivity index (χ0n) is 9.77. The van der Waals surface area contributed by atoms with Crippen molar-refractivity contribution in [2.24, 2.45) is 11.8 Å². The number of amidine groups is 1. The Bertz CT molecular complexity index is 451. The molecule has 1 aliphatic heterocycles. The van der Waals surface area contributed by atoms with E-state index < -0.39 is 0 Å². The normalized spacial score (nSPS) is 23.8. The molecule has 2 aliphatic carbocycles. The fraction of sp³-hybridized carbons (Fsp3) is 0.267. The lowest BCUT2D eigenvalue weighted by Crippen LogP contribution is -2.71. The summed E-state index contributed by atoms with van der Waals surface area (Å²) in [5.41, 5.74) is 1.36. The van der Waals surface area contributed by atoms with Gasteiger partial charge in [0.1, 0.15) is 13.1 Å². The van der Waals surface area contributed by atoms with Crippen LogP contribution in [-0.2, 0) is 0 Å². The summed E-state index contributed by atoms with van der Waals surface area (Å²) in [6, 6.07) is 0. The van der Waals surface area contributed by atoms with Gasteiger partial charge in [0.25, 0.3) is 5.84 Å². The minimum absolute atomic E-state index is 0.408. The molecule has 0 radical (unpaired) electrons. The largest absolute Gasteiger partial charge is 0.271 e. The average molecular weight is 225 g/mol. The van der Waals surface area contributed by atoms with Crippen LogP contribution in [0.5, 0.6) is 0 Å². The molecule has 0 aromatic heterocycles. The van der Waals surface area contributed by atoms with E-state index in [0.29, 0.717) is 11.8 Å². The molecule has 0 atom stereocenters. The predicted octanol–water partition coefficient (Wildman–Crippen LogP) is 0.480. The van der Waals surface area contributed by atoms with E-state index in [2.05, 4.69) is 65.0 Å². The van der Waals surface area contributed by atoms with Crippen LogP contribution in [0.2, 0.25) is 0 Å². The summed E-state index contributed by atoms with van der Waals surface area (Å²) in [5, 5.41) is 3.43. The van der Waals surface area contributed by atoms with Crippen LogP contribution in [0.15, 0.2) is 60.3 Å². The van der Waals surface area contributed by atoms with E-state index in [-0.39, 0.29) is 0 Å². The van der Waals surface area contributed by atoms with E-state index in [1.54, 1.807) is 0 Å². The third kappa shape index (κ3) is 2.16. The van der Waals surface area contributed by atoms with E-state index in [1.807, 2.05) is 0 Å². The zero-order chi connectivity index (χ0) is 11.5. The van der Waals surface area contributed by atoms with Crippen molar-refractivity contribution < 1.29 is 4.99 Å². The van der Waals surface area contributed by atoms with E-state index >= 15 is 0 Å². The standard InChI is InChI=1S/C15H16N2/c1-2-6-12(5-1)11-14(13-7-3-4-8-13)15-16-9-10-17-15/h1-8,11-13H,9-10H2,(H,16,17)/p+1/b14-11+. The van der Waals surface area contributed by atoms with Crippen LogP contribution in [0.3, 0.4) is 0 Å². The fourth-order valence-electron chi connectivity index (χ4n) is 2.41. The maximum Gasteiger partial charge on any atom is 0.271 e. The van der Waals surface area contributed by atoms with Gasteiger partial charge in [-0.25, -0.2) is 0 Å². The first-order valence-electron chi connectivity index (χ1n) is 6.20. The SMILES string of the molecule is C1=CC(/C=C(/C2=[NH+]CCN2)C2C=CC=C2)C=C1. The highest BCUT2D eigenvalue weighted by Gasteiger charge is 2.24. The van der Waals surface area contributed by atoms with Gasteiger partial charge >= 0.3 is 0 Å². The first-order chi connectivity index (χ1) is 8.43.